The fourth-order valence-electron chi connectivity index (χ4n) is 6.68. The van der Waals surface area contributed by atoms with Gasteiger partial charge in [-0.1, -0.05) is 70.5 Å². The number of amides is 3. The summed E-state index contributed by atoms with van der Waals surface area (Å²) in [6.45, 7) is 2.22. The smallest absolute Gasteiger partial charge is 0.245 e. The van der Waals surface area contributed by atoms with Crippen LogP contribution in [-0.4, -0.2) is 76.7 Å². The number of carbonyl (C=O) groups is 3. The molecule has 1 aromatic heterocycles. The Morgan fingerprint density at radius 2 is 1.90 bits per heavy atom. The van der Waals surface area contributed by atoms with E-state index < -0.39 is 28.7 Å². The summed E-state index contributed by atoms with van der Waals surface area (Å²) in [6.07, 6.45) is 1.34. The van der Waals surface area contributed by atoms with Crippen LogP contribution in [0.5, 0.6) is 0 Å². The van der Waals surface area contributed by atoms with Crippen LogP contribution in [0, 0.1) is 11.8 Å². The van der Waals surface area contributed by atoms with Gasteiger partial charge < -0.3 is 20.6 Å². The number of hydrogen-bond donors (Lipinski definition) is 3. The third-order valence-corrected chi connectivity index (χ3v) is 11.6. The van der Waals surface area contributed by atoms with Crippen molar-refractivity contribution in [2.24, 2.45) is 11.8 Å². The fraction of sp³-hybridized carbons (Fsp3) is 0.464. The molecule has 0 radical (unpaired) electrons. The van der Waals surface area contributed by atoms with Gasteiger partial charge in [0.2, 0.25) is 17.7 Å². The van der Waals surface area contributed by atoms with Crippen molar-refractivity contribution in [3.05, 3.63) is 60.2 Å². The number of nitrogens with zero attached hydrogens (tertiary/aromatic N) is 4. The molecule has 3 aliphatic rings. The molecule has 3 fully saturated rings. The summed E-state index contributed by atoms with van der Waals surface area (Å²) >= 11 is 5.36. The first-order chi connectivity index (χ1) is 19.4. The summed E-state index contributed by atoms with van der Waals surface area (Å²) in [7, 11) is 0. The standard InChI is InChI=1S/C28H31BrN6O4S/c1-2-12-30-25(37)21-22-27(39)35(20(14-36)16-8-4-3-5-9-16)24(28(22)13-17(29)23(21)40-28)26(38)31-15-34-19-11-7-6-10-18(19)32-33-34/h3-11,17,20-24,36H,2,12-15H2,1H3,(H,30,37)(H,31,38)/t17?,20-,21-,22+,23-,24?,28?/m1/s1. The first-order valence-corrected chi connectivity index (χ1v) is 15.3. The third-order valence-electron chi connectivity index (χ3n) is 8.34. The maximum absolute atomic E-state index is 14.4. The second-order valence-electron chi connectivity index (χ2n) is 10.6. The van der Waals surface area contributed by atoms with E-state index in [9.17, 15) is 19.5 Å². The number of fused-ring (bicyclic) bond motifs is 2. The quantitative estimate of drug-likeness (QED) is 0.311. The van der Waals surface area contributed by atoms with Gasteiger partial charge in [0.05, 0.1) is 34.7 Å². The Hall–Kier alpha value is -2.96. The highest BCUT2D eigenvalue weighted by atomic mass is 79.9. The predicted molar refractivity (Wildman–Crippen MR) is 154 cm³/mol. The van der Waals surface area contributed by atoms with Crippen molar-refractivity contribution in [3.63, 3.8) is 0 Å². The van der Waals surface area contributed by atoms with Crippen LogP contribution in [0.25, 0.3) is 11.0 Å². The van der Waals surface area contributed by atoms with E-state index in [1.165, 1.54) is 0 Å². The molecule has 2 aromatic carbocycles. The highest BCUT2D eigenvalue weighted by Gasteiger charge is 2.76. The zero-order valence-corrected chi connectivity index (χ0v) is 24.3. The van der Waals surface area contributed by atoms with Gasteiger partial charge in [-0.3, -0.25) is 14.4 Å². The van der Waals surface area contributed by atoms with Crippen LogP contribution in [0.15, 0.2) is 54.6 Å². The SMILES string of the molecule is CCCNC(=O)[C@H]1[C@@H]2SC3(CC2Br)C(C(=O)NCn2nnc4ccccc42)N([C@H](CO)c2ccccc2)C(=O)[C@H]13. The molecular formula is C28H31BrN6O4S. The molecule has 210 valence electrons. The molecule has 3 saturated heterocycles. The Kier molecular flexibility index (Phi) is 7.34. The monoisotopic (exact) mass is 626 g/mol. The molecule has 3 unspecified atom stereocenters. The Morgan fingerprint density at radius 1 is 1.15 bits per heavy atom. The van der Waals surface area contributed by atoms with E-state index in [1.807, 2.05) is 61.5 Å². The van der Waals surface area contributed by atoms with Crippen LogP contribution in [-0.2, 0) is 21.1 Å². The number of aromatic nitrogens is 3. The van der Waals surface area contributed by atoms with Crippen molar-refractivity contribution >= 4 is 56.4 Å². The van der Waals surface area contributed by atoms with E-state index in [-0.39, 0.29) is 41.1 Å². The minimum absolute atomic E-state index is 0.0299. The average molecular weight is 628 g/mol. The number of nitrogens with one attached hydrogen (secondary N) is 2. The number of para-hydroxylation sites is 1. The zero-order valence-electron chi connectivity index (χ0n) is 21.9. The third kappa shape index (κ3) is 4.22. The lowest BCUT2D eigenvalue weighted by Crippen LogP contribution is -2.55. The predicted octanol–water partition coefficient (Wildman–Crippen LogP) is 2.23. The molecule has 7 atom stereocenters. The molecule has 12 heteroatoms. The van der Waals surface area contributed by atoms with Gasteiger partial charge in [-0.25, -0.2) is 4.68 Å². The molecule has 10 nitrogen and oxygen atoms in total. The van der Waals surface area contributed by atoms with Crippen molar-refractivity contribution in [2.45, 2.75) is 53.3 Å². The van der Waals surface area contributed by atoms with Gasteiger partial charge in [-0.2, -0.15) is 0 Å². The Balaban J connectivity index is 1.38. The minimum atomic E-state index is -0.892. The molecule has 1 spiro atoms. The lowest BCUT2D eigenvalue weighted by Gasteiger charge is -2.37. The molecule has 40 heavy (non-hydrogen) atoms. The highest BCUT2D eigenvalue weighted by molar-refractivity contribution is 9.09. The van der Waals surface area contributed by atoms with E-state index in [4.69, 9.17) is 0 Å². The molecule has 6 rings (SSSR count). The topological polar surface area (TPSA) is 129 Å². The zero-order chi connectivity index (χ0) is 28.0. The van der Waals surface area contributed by atoms with Crippen molar-refractivity contribution in [1.82, 2.24) is 30.5 Å². The highest BCUT2D eigenvalue weighted by Crippen LogP contribution is 2.68. The second kappa shape index (κ2) is 10.8. The maximum Gasteiger partial charge on any atom is 0.245 e. The first kappa shape index (κ1) is 27.2. The van der Waals surface area contributed by atoms with Gasteiger partial charge in [0.1, 0.15) is 18.2 Å². The molecule has 2 bridgehead atoms. The van der Waals surface area contributed by atoms with E-state index in [2.05, 4.69) is 36.9 Å². The number of aliphatic hydroxyl groups excluding tert-OH is 1. The van der Waals surface area contributed by atoms with Gasteiger partial charge in [0.25, 0.3) is 0 Å². The van der Waals surface area contributed by atoms with Crippen LogP contribution >= 0.6 is 27.7 Å². The summed E-state index contributed by atoms with van der Waals surface area (Å²) in [5, 5.41) is 24.8. The van der Waals surface area contributed by atoms with Crippen molar-refractivity contribution < 1.29 is 19.5 Å². The van der Waals surface area contributed by atoms with Gasteiger partial charge in [-0.05, 0) is 30.5 Å². The lowest BCUT2D eigenvalue weighted by molar-refractivity contribution is -0.143. The number of alkyl halides is 1. The average Bonchev–Trinajstić information content (AvgIpc) is 3.69. The Bertz CT molecular complexity index is 1440. The van der Waals surface area contributed by atoms with Gasteiger partial charge in [0.15, 0.2) is 0 Å². The number of benzene rings is 2. The normalized spacial score (nSPS) is 29.5. The summed E-state index contributed by atoms with van der Waals surface area (Å²) < 4.78 is 0.790. The van der Waals surface area contributed by atoms with E-state index >= 15 is 0 Å². The summed E-state index contributed by atoms with van der Waals surface area (Å²) in [5.41, 5.74) is 2.22. The molecular weight excluding hydrogens is 596 g/mol. The van der Waals surface area contributed by atoms with E-state index in [1.54, 1.807) is 21.3 Å². The number of carbonyl (C=O) groups excluding carboxylic acids is 3. The largest absolute Gasteiger partial charge is 0.394 e. The molecule has 3 aromatic rings. The molecule has 0 aliphatic carbocycles. The number of aliphatic hydroxyl groups is 1. The Morgan fingerprint density at radius 3 is 2.65 bits per heavy atom. The number of hydrogen-bond acceptors (Lipinski definition) is 7. The van der Waals surface area contributed by atoms with Crippen molar-refractivity contribution in [1.29, 1.82) is 0 Å². The lowest BCUT2D eigenvalue weighted by atomic mass is 9.70. The summed E-state index contributed by atoms with van der Waals surface area (Å²) in [6, 6.07) is 15.1. The van der Waals surface area contributed by atoms with Crippen molar-refractivity contribution in [2.75, 3.05) is 13.2 Å². The van der Waals surface area contributed by atoms with Gasteiger partial charge in [-0.15, -0.1) is 16.9 Å². The molecule has 3 N–H and O–H groups in total. The van der Waals surface area contributed by atoms with E-state index in [0.717, 1.165) is 17.5 Å². The number of thioether (sulfide) groups is 1. The van der Waals surface area contributed by atoms with Crippen LogP contribution in [0.3, 0.4) is 0 Å². The molecule has 0 saturated carbocycles. The molecule has 3 amide bonds. The molecule has 4 heterocycles. The summed E-state index contributed by atoms with van der Waals surface area (Å²) in [4.78, 5) is 43.5. The second-order valence-corrected chi connectivity index (χ2v) is 13.3. The maximum atomic E-state index is 14.4. The van der Waals surface area contributed by atoms with Crippen LogP contribution in [0.2, 0.25) is 0 Å². The van der Waals surface area contributed by atoms with Gasteiger partial charge >= 0.3 is 0 Å². The first-order valence-electron chi connectivity index (χ1n) is 13.5. The van der Waals surface area contributed by atoms with Crippen LogP contribution in [0.4, 0.5) is 0 Å². The van der Waals surface area contributed by atoms with Crippen molar-refractivity contribution in [3.8, 4) is 0 Å². The van der Waals surface area contributed by atoms with E-state index in [0.29, 0.717) is 18.5 Å². The summed E-state index contributed by atoms with van der Waals surface area (Å²) in [5.74, 6) is -2.00. The molecule has 3 aliphatic heterocycles. The number of rotatable bonds is 9. The van der Waals surface area contributed by atoms with Crippen LogP contribution in [0.1, 0.15) is 31.4 Å². The Labute approximate surface area is 244 Å². The minimum Gasteiger partial charge on any atom is -0.394 e. The number of likely N-dealkylation sites (tertiary alicyclic amines) is 1. The van der Waals surface area contributed by atoms with Gasteiger partial charge in [0, 0.05) is 16.6 Å². The number of halogens is 1. The fourth-order valence-corrected chi connectivity index (χ4v) is 10.3. The van der Waals surface area contributed by atoms with Crippen LogP contribution < -0.4 is 10.6 Å².